The number of para-hydroxylation sites is 1. The normalized spacial score (nSPS) is 13.7. The van der Waals surface area contributed by atoms with Gasteiger partial charge in [0.25, 0.3) is 6.17 Å². The van der Waals surface area contributed by atoms with E-state index in [9.17, 15) is 31.4 Å². The molecule has 0 saturated heterocycles. The summed E-state index contributed by atoms with van der Waals surface area (Å²) < 4.78 is 81.2. The fourth-order valence-corrected chi connectivity index (χ4v) is 2.47. The van der Waals surface area contributed by atoms with Crippen molar-refractivity contribution in [1.29, 1.82) is 0 Å². The second-order valence-electron chi connectivity index (χ2n) is 5.89. The maximum Gasteiger partial charge on any atom is 0.439 e. The first-order valence-corrected chi connectivity index (χ1v) is 8.08. The fraction of sp³-hybridized carbons (Fsp3) is 0.158. The zero-order valence-electron chi connectivity index (χ0n) is 14.4. The first kappa shape index (κ1) is 20.4. The summed E-state index contributed by atoms with van der Waals surface area (Å²) in [7, 11) is 0. The van der Waals surface area contributed by atoms with Gasteiger partial charge in [0.15, 0.2) is 5.75 Å². The Labute approximate surface area is 160 Å². The molecule has 0 bridgehead atoms. The third-order valence-corrected chi connectivity index (χ3v) is 3.83. The van der Waals surface area contributed by atoms with E-state index in [0.717, 1.165) is 12.1 Å². The largest absolute Gasteiger partial charge is 0.506 e. The predicted octanol–water partition coefficient (Wildman–Crippen LogP) is 6.83. The number of alkyl halides is 6. The van der Waals surface area contributed by atoms with Crippen LogP contribution in [0.25, 0.3) is 10.8 Å². The van der Waals surface area contributed by atoms with E-state index in [1.54, 1.807) is 30.3 Å². The van der Waals surface area contributed by atoms with Crippen LogP contribution in [0.3, 0.4) is 0 Å². The molecular formula is C19H12F6N2O2. The Balaban J connectivity index is 1.96. The second kappa shape index (κ2) is 7.61. The summed E-state index contributed by atoms with van der Waals surface area (Å²) in [5.41, 5.74) is -0.364. The zero-order valence-corrected chi connectivity index (χ0v) is 14.4. The molecule has 0 aliphatic carbocycles. The number of halogens is 6. The highest BCUT2D eigenvalue weighted by molar-refractivity contribution is 5.95. The number of fused-ring (bicyclic) bond motifs is 1. The van der Waals surface area contributed by atoms with Crippen LogP contribution < -0.4 is 4.74 Å². The number of phenols is 1. The number of benzene rings is 3. The molecule has 4 nitrogen and oxygen atoms in total. The average Bonchev–Trinajstić information content (AvgIpc) is 2.67. The predicted molar refractivity (Wildman–Crippen MR) is 92.8 cm³/mol. The molecule has 1 unspecified atom stereocenters. The van der Waals surface area contributed by atoms with Crippen LogP contribution in [0.2, 0.25) is 0 Å². The number of hydrogen-bond acceptors (Lipinski definition) is 4. The zero-order chi connectivity index (χ0) is 21.2. The van der Waals surface area contributed by atoms with Crippen LogP contribution >= 0.6 is 0 Å². The summed E-state index contributed by atoms with van der Waals surface area (Å²) in [5, 5.41) is 18.8. The third-order valence-electron chi connectivity index (χ3n) is 3.83. The molecule has 0 heterocycles. The first-order chi connectivity index (χ1) is 13.6. The highest BCUT2D eigenvalue weighted by Crippen LogP contribution is 2.41. The molecule has 3 rings (SSSR count). The Kier molecular flexibility index (Phi) is 5.36. The van der Waals surface area contributed by atoms with Gasteiger partial charge in [-0.1, -0.05) is 42.5 Å². The number of aromatic hydroxyl groups is 1. The molecule has 0 saturated carbocycles. The molecule has 0 amide bonds. The fourth-order valence-electron chi connectivity index (χ4n) is 2.47. The molecule has 0 aromatic heterocycles. The Morgan fingerprint density at radius 3 is 2.21 bits per heavy atom. The van der Waals surface area contributed by atoms with Gasteiger partial charge in [-0.3, -0.25) is 0 Å². The number of hydrogen-bond donors (Lipinski definition) is 1. The summed E-state index contributed by atoms with van der Waals surface area (Å²) in [6, 6.07) is 14.4. The van der Waals surface area contributed by atoms with Gasteiger partial charge in [0.1, 0.15) is 17.1 Å². The summed E-state index contributed by atoms with van der Waals surface area (Å²) >= 11 is 0. The Hall–Kier alpha value is -3.30. The average molecular weight is 414 g/mol. The van der Waals surface area contributed by atoms with Gasteiger partial charge in [-0.05, 0) is 23.6 Å². The van der Waals surface area contributed by atoms with Crippen LogP contribution in [-0.4, -0.2) is 23.6 Å². The highest BCUT2D eigenvalue weighted by Gasteiger charge is 2.59. The summed E-state index contributed by atoms with van der Waals surface area (Å²) in [5.74, 6) is -1.06. The number of nitrogens with zero attached hydrogens (tertiary/aromatic N) is 2. The summed E-state index contributed by atoms with van der Waals surface area (Å²) in [6.07, 6.45) is -15.5. The highest BCUT2D eigenvalue weighted by atomic mass is 19.4. The first-order valence-electron chi connectivity index (χ1n) is 8.08. The van der Waals surface area contributed by atoms with Gasteiger partial charge >= 0.3 is 12.3 Å². The van der Waals surface area contributed by atoms with Crippen molar-refractivity contribution in [2.45, 2.75) is 18.5 Å². The quantitative estimate of drug-likeness (QED) is 0.367. The lowest BCUT2D eigenvalue weighted by Crippen LogP contribution is -2.45. The lowest BCUT2D eigenvalue weighted by Gasteiger charge is -2.23. The van der Waals surface area contributed by atoms with Crippen molar-refractivity contribution >= 4 is 22.1 Å². The van der Waals surface area contributed by atoms with Crippen LogP contribution in [0.1, 0.15) is 0 Å². The molecule has 0 aliphatic heterocycles. The van der Waals surface area contributed by atoms with Gasteiger partial charge in [0, 0.05) is 5.39 Å². The van der Waals surface area contributed by atoms with E-state index < -0.39 is 24.2 Å². The SMILES string of the molecule is Oc1ccc2ccccc2c1N=Nc1ccccc1OC(F)(F)C(F)C(F)(F)F. The standard InChI is InChI=1S/C19H12F6N2O2/c20-17(18(21,22)23)19(24,25)29-15-8-4-3-7-13(15)26-27-16-12-6-2-1-5-11(12)9-10-14(16)28/h1-10,17,28H. The van der Waals surface area contributed by atoms with Gasteiger partial charge < -0.3 is 9.84 Å². The van der Waals surface area contributed by atoms with Crippen molar-refractivity contribution in [2.75, 3.05) is 0 Å². The van der Waals surface area contributed by atoms with E-state index in [0.29, 0.717) is 10.8 Å². The molecule has 10 heteroatoms. The number of ether oxygens (including phenoxy) is 1. The Morgan fingerprint density at radius 2 is 1.48 bits per heavy atom. The minimum absolute atomic E-state index is 0.0170. The Morgan fingerprint density at radius 1 is 0.828 bits per heavy atom. The molecule has 0 fully saturated rings. The molecular weight excluding hydrogens is 402 g/mol. The van der Waals surface area contributed by atoms with Gasteiger partial charge in [0.05, 0.1) is 0 Å². The van der Waals surface area contributed by atoms with Crippen LogP contribution in [0.4, 0.5) is 37.7 Å². The molecule has 3 aromatic carbocycles. The minimum Gasteiger partial charge on any atom is -0.506 e. The molecule has 0 aliphatic rings. The molecule has 152 valence electrons. The number of azo groups is 1. The van der Waals surface area contributed by atoms with Gasteiger partial charge in [-0.15, -0.1) is 10.2 Å². The maximum absolute atomic E-state index is 13.6. The molecule has 1 atom stereocenters. The van der Waals surface area contributed by atoms with Crippen LogP contribution in [-0.2, 0) is 0 Å². The number of rotatable bonds is 5. The molecule has 1 N–H and O–H groups in total. The second-order valence-corrected chi connectivity index (χ2v) is 5.89. The van der Waals surface area contributed by atoms with Crippen molar-refractivity contribution < 1.29 is 36.2 Å². The van der Waals surface area contributed by atoms with E-state index in [1.165, 1.54) is 18.2 Å². The lowest BCUT2D eigenvalue weighted by molar-refractivity contribution is -0.304. The van der Waals surface area contributed by atoms with Crippen molar-refractivity contribution in [1.82, 2.24) is 0 Å². The van der Waals surface area contributed by atoms with E-state index in [1.807, 2.05) is 0 Å². The monoisotopic (exact) mass is 414 g/mol. The van der Waals surface area contributed by atoms with E-state index in [4.69, 9.17) is 0 Å². The molecule has 0 spiro atoms. The van der Waals surface area contributed by atoms with Crippen LogP contribution in [0, 0.1) is 0 Å². The number of phenolic OH excluding ortho intramolecular Hbond substituents is 1. The van der Waals surface area contributed by atoms with Gasteiger partial charge in [-0.2, -0.15) is 22.0 Å². The molecule has 29 heavy (non-hydrogen) atoms. The smallest absolute Gasteiger partial charge is 0.439 e. The Bertz CT molecular complexity index is 1050. The summed E-state index contributed by atoms with van der Waals surface area (Å²) in [6.45, 7) is 0. The topological polar surface area (TPSA) is 54.2 Å². The third kappa shape index (κ3) is 4.41. The van der Waals surface area contributed by atoms with Crippen molar-refractivity contribution in [3.05, 3.63) is 60.7 Å². The van der Waals surface area contributed by atoms with Crippen molar-refractivity contribution in [3.63, 3.8) is 0 Å². The van der Waals surface area contributed by atoms with Gasteiger partial charge in [0.2, 0.25) is 0 Å². The van der Waals surface area contributed by atoms with E-state index in [2.05, 4.69) is 15.0 Å². The van der Waals surface area contributed by atoms with E-state index in [-0.39, 0.29) is 17.1 Å². The minimum atomic E-state index is -5.81. The maximum atomic E-state index is 13.6. The van der Waals surface area contributed by atoms with Crippen molar-refractivity contribution in [2.24, 2.45) is 10.2 Å². The summed E-state index contributed by atoms with van der Waals surface area (Å²) in [4.78, 5) is 0. The molecule has 0 radical (unpaired) electrons. The van der Waals surface area contributed by atoms with Crippen LogP contribution in [0.15, 0.2) is 70.9 Å². The van der Waals surface area contributed by atoms with E-state index >= 15 is 0 Å². The molecule has 3 aromatic rings. The lowest BCUT2D eigenvalue weighted by atomic mass is 10.1. The van der Waals surface area contributed by atoms with Crippen molar-refractivity contribution in [3.8, 4) is 11.5 Å². The van der Waals surface area contributed by atoms with Crippen LogP contribution in [0.5, 0.6) is 11.5 Å². The van der Waals surface area contributed by atoms with Gasteiger partial charge in [-0.25, -0.2) is 4.39 Å².